The number of nitriles is 1. The second-order valence-electron chi connectivity index (χ2n) is 9.10. The molecule has 0 fully saturated rings. The van der Waals surface area contributed by atoms with Crippen molar-refractivity contribution in [3.63, 3.8) is 0 Å². The number of nitro groups is 2. The zero-order valence-electron chi connectivity index (χ0n) is 22.7. The molecule has 16 heteroatoms. The van der Waals surface area contributed by atoms with Crippen molar-refractivity contribution in [3.05, 3.63) is 73.8 Å². The Bertz CT molecular complexity index is 1580. The first-order chi connectivity index (χ1) is 19.8. The Hall–Kier alpha value is -5.85. The maximum Gasteiger partial charge on any atom is 0.392 e. The van der Waals surface area contributed by atoms with Crippen LogP contribution < -0.4 is 14.2 Å². The molecule has 1 aromatic heterocycles. The molecule has 0 aliphatic rings. The number of hydrogen-bond acceptors (Lipinski definition) is 14. The van der Waals surface area contributed by atoms with Crippen LogP contribution in [0, 0.1) is 31.6 Å². The summed E-state index contributed by atoms with van der Waals surface area (Å²) >= 11 is 0. The number of hydrogen-bond donors (Lipinski definition) is 0. The third-order valence-electron chi connectivity index (χ3n) is 4.79. The Morgan fingerprint density at radius 1 is 0.976 bits per heavy atom. The lowest BCUT2D eigenvalue weighted by Crippen LogP contribution is -2.23. The van der Waals surface area contributed by atoms with E-state index in [-0.39, 0.29) is 29.2 Å². The van der Waals surface area contributed by atoms with E-state index in [9.17, 15) is 29.8 Å². The van der Waals surface area contributed by atoms with Gasteiger partial charge in [-0.15, -0.1) is 0 Å². The zero-order chi connectivity index (χ0) is 31.0. The van der Waals surface area contributed by atoms with E-state index in [1.807, 2.05) is 0 Å². The number of nitro benzene ring substituents is 1. The highest BCUT2D eigenvalue weighted by molar-refractivity contribution is 5.90. The Labute approximate surface area is 237 Å². The number of carbonyl (C=O) groups excluding carboxylic acids is 2. The minimum atomic E-state index is -0.958. The summed E-state index contributed by atoms with van der Waals surface area (Å²) in [6, 6.07) is 9.88. The Kier molecular flexibility index (Phi) is 9.50. The number of aromatic nitrogens is 2. The van der Waals surface area contributed by atoms with Crippen LogP contribution in [0.15, 0.2) is 42.5 Å². The van der Waals surface area contributed by atoms with E-state index in [0.29, 0.717) is 0 Å². The van der Waals surface area contributed by atoms with Crippen molar-refractivity contribution >= 4 is 23.3 Å². The molecule has 3 aromatic rings. The molecule has 0 unspecified atom stereocenters. The smallest absolute Gasteiger partial charge is 0.392 e. The Morgan fingerprint density at radius 2 is 1.67 bits per heavy atom. The lowest BCUT2D eigenvalue weighted by Gasteiger charge is -2.19. The minimum Gasteiger partial charge on any atom is -0.463 e. The van der Waals surface area contributed by atoms with Crippen molar-refractivity contribution in [1.82, 2.24) is 9.97 Å². The summed E-state index contributed by atoms with van der Waals surface area (Å²) in [5.41, 5.74) is -2.50. The Morgan fingerprint density at radius 3 is 2.29 bits per heavy atom. The maximum absolute atomic E-state index is 12.5. The van der Waals surface area contributed by atoms with Crippen molar-refractivity contribution < 1.29 is 43.1 Å². The second kappa shape index (κ2) is 13.0. The van der Waals surface area contributed by atoms with Crippen LogP contribution in [0.2, 0.25) is 0 Å². The van der Waals surface area contributed by atoms with Gasteiger partial charge in [-0.3, -0.25) is 20.2 Å². The van der Waals surface area contributed by atoms with Gasteiger partial charge in [0.1, 0.15) is 28.7 Å². The van der Waals surface area contributed by atoms with E-state index in [1.165, 1.54) is 24.3 Å². The van der Waals surface area contributed by atoms with Crippen LogP contribution in [0.3, 0.4) is 0 Å². The van der Waals surface area contributed by atoms with Gasteiger partial charge in [0.15, 0.2) is 6.61 Å². The summed E-state index contributed by atoms with van der Waals surface area (Å²) in [5.74, 6) is -3.31. The standard InChI is InChI=1S/C26H23N5O11/c1-5-38-20(32)14-39-22-21(31(36)37)23(40-18-10-9-16(13-27)19(12-18)30(34)35)29-25(28-22)41-17-8-6-7-15(11-17)24(33)42-26(2,3)4/h6-12H,5,14H2,1-4H3. The van der Waals surface area contributed by atoms with Gasteiger partial charge in [-0.25, -0.2) is 9.59 Å². The van der Waals surface area contributed by atoms with Gasteiger partial charge in [0.05, 0.1) is 28.1 Å². The molecule has 0 aliphatic carbocycles. The van der Waals surface area contributed by atoms with Crippen LogP contribution in [-0.4, -0.2) is 50.6 Å². The van der Waals surface area contributed by atoms with Crippen molar-refractivity contribution in [2.24, 2.45) is 0 Å². The summed E-state index contributed by atoms with van der Waals surface area (Å²) in [5, 5.41) is 32.5. The number of benzene rings is 2. The highest BCUT2D eigenvalue weighted by atomic mass is 16.6. The quantitative estimate of drug-likeness (QED) is 0.171. The fraction of sp³-hybridized carbons (Fsp3) is 0.269. The molecule has 0 amide bonds. The SMILES string of the molecule is CCOC(=O)COc1nc(Oc2cccc(C(=O)OC(C)(C)C)c2)nc(Oc2ccc(C#N)c([N+](=O)[O-])c2)c1[N+](=O)[O-]. The van der Waals surface area contributed by atoms with Gasteiger partial charge in [-0.05, 0) is 58.0 Å². The van der Waals surface area contributed by atoms with Crippen LogP contribution in [0.1, 0.15) is 43.6 Å². The number of esters is 2. The molecular formula is C26H23N5O11. The van der Waals surface area contributed by atoms with E-state index in [0.717, 1.165) is 18.2 Å². The lowest BCUT2D eigenvalue weighted by molar-refractivity contribution is -0.387. The summed E-state index contributed by atoms with van der Waals surface area (Å²) in [6.07, 6.45) is 0. The summed E-state index contributed by atoms with van der Waals surface area (Å²) in [6.45, 7) is 5.86. The predicted molar refractivity (Wildman–Crippen MR) is 140 cm³/mol. The van der Waals surface area contributed by atoms with Gasteiger partial charge in [-0.1, -0.05) is 6.07 Å². The van der Waals surface area contributed by atoms with Gasteiger partial charge in [-0.2, -0.15) is 15.2 Å². The third kappa shape index (κ3) is 8.08. The molecule has 1 heterocycles. The highest BCUT2D eigenvalue weighted by Gasteiger charge is 2.31. The molecule has 0 radical (unpaired) electrons. The molecule has 0 atom stereocenters. The molecule has 3 rings (SSSR count). The molecule has 16 nitrogen and oxygen atoms in total. The fourth-order valence-corrected chi connectivity index (χ4v) is 3.16. The fourth-order valence-electron chi connectivity index (χ4n) is 3.16. The van der Waals surface area contributed by atoms with Crippen molar-refractivity contribution in [1.29, 1.82) is 5.26 Å². The Balaban J connectivity index is 2.07. The lowest BCUT2D eigenvalue weighted by atomic mass is 10.1. The number of carbonyl (C=O) groups is 2. The van der Waals surface area contributed by atoms with Gasteiger partial charge < -0.3 is 23.7 Å². The van der Waals surface area contributed by atoms with Crippen molar-refractivity contribution in [2.45, 2.75) is 33.3 Å². The first-order valence-corrected chi connectivity index (χ1v) is 12.0. The average molecular weight is 581 g/mol. The van der Waals surface area contributed by atoms with Gasteiger partial charge in [0.2, 0.25) is 0 Å². The molecule has 42 heavy (non-hydrogen) atoms. The van der Waals surface area contributed by atoms with Crippen LogP contribution in [0.25, 0.3) is 0 Å². The number of ether oxygens (including phenoxy) is 5. The third-order valence-corrected chi connectivity index (χ3v) is 4.79. The molecule has 0 N–H and O–H groups in total. The normalized spacial score (nSPS) is 10.6. The number of nitrogens with zero attached hydrogens (tertiary/aromatic N) is 5. The number of rotatable bonds is 11. The summed E-state index contributed by atoms with van der Waals surface area (Å²) < 4.78 is 26.5. The molecular weight excluding hydrogens is 558 g/mol. The van der Waals surface area contributed by atoms with Gasteiger partial charge in [0, 0.05) is 0 Å². The first-order valence-electron chi connectivity index (χ1n) is 12.0. The predicted octanol–water partition coefficient (Wildman–Crippen LogP) is 4.65. The van der Waals surface area contributed by atoms with E-state index in [4.69, 9.17) is 28.9 Å². The minimum absolute atomic E-state index is 0.0161. The van der Waals surface area contributed by atoms with Crippen LogP contribution >= 0.6 is 0 Å². The van der Waals surface area contributed by atoms with Crippen LogP contribution in [0.4, 0.5) is 11.4 Å². The van der Waals surface area contributed by atoms with Gasteiger partial charge >= 0.3 is 35.4 Å². The molecule has 218 valence electrons. The van der Waals surface area contributed by atoms with Crippen molar-refractivity contribution in [3.8, 4) is 35.3 Å². The van der Waals surface area contributed by atoms with E-state index in [2.05, 4.69) is 9.97 Å². The topological polar surface area (TPSA) is 216 Å². The van der Waals surface area contributed by atoms with Gasteiger partial charge in [0.25, 0.3) is 5.69 Å². The molecule has 0 spiro atoms. The van der Waals surface area contributed by atoms with E-state index in [1.54, 1.807) is 33.8 Å². The molecule has 0 saturated heterocycles. The van der Waals surface area contributed by atoms with Crippen molar-refractivity contribution in [2.75, 3.05) is 13.2 Å². The summed E-state index contributed by atoms with van der Waals surface area (Å²) in [4.78, 5) is 53.7. The molecule has 2 aromatic carbocycles. The first kappa shape index (κ1) is 30.7. The van der Waals surface area contributed by atoms with Crippen LogP contribution in [0.5, 0.6) is 29.3 Å². The maximum atomic E-state index is 12.5. The van der Waals surface area contributed by atoms with E-state index >= 15 is 0 Å². The highest BCUT2D eigenvalue weighted by Crippen LogP contribution is 2.39. The molecule has 0 saturated carbocycles. The average Bonchev–Trinajstić information content (AvgIpc) is 2.91. The van der Waals surface area contributed by atoms with E-state index < -0.39 is 63.1 Å². The molecule has 0 aliphatic heterocycles. The summed E-state index contributed by atoms with van der Waals surface area (Å²) in [7, 11) is 0. The zero-order valence-corrected chi connectivity index (χ0v) is 22.7. The second-order valence-corrected chi connectivity index (χ2v) is 9.10. The molecule has 0 bridgehead atoms. The largest absolute Gasteiger partial charge is 0.463 e. The monoisotopic (exact) mass is 581 g/mol. The van der Waals surface area contributed by atoms with Crippen LogP contribution in [-0.2, 0) is 14.3 Å².